The van der Waals surface area contributed by atoms with Crippen molar-refractivity contribution in [3.05, 3.63) is 0 Å². The van der Waals surface area contributed by atoms with E-state index in [2.05, 4.69) is 4.52 Å². The summed E-state index contributed by atoms with van der Waals surface area (Å²) in [5.41, 5.74) is 0. The molecule has 6 N–H and O–H groups in total. The molecule has 9 nitrogen and oxygen atoms in total. The number of phosphoric ester groups is 1. The van der Waals surface area contributed by atoms with E-state index in [0.29, 0.717) is 0 Å². The summed E-state index contributed by atoms with van der Waals surface area (Å²) in [5.74, 6) is 0. The van der Waals surface area contributed by atoms with Crippen LogP contribution in [-0.4, -0.2) is 97.1 Å². The van der Waals surface area contributed by atoms with E-state index < -0.39 is 38.8 Å². The summed E-state index contributed by atoms with van der Waals surface area (Å²) in [6.07, 6.45) is -7.80. The Hall–Kier alpha value is 0.620. The molecule has 0 aliphatic heterocycles. The number of aldehydes is 1. The molecule has 0 amide bonds. The van der Waals surface area contributed by atoms with E-state index in [4.69, 9.17) is 30.2 Å². The van der Waals surface area contributed by atoms with E-state index >= 15 is 0 Å². The average molecular weight is 283 g/mol. The molecule has 0 aromatic carbocycles. The summed E-state index contributed by atoms with van der Waals surface area (Å²) in [4.78, 5) is 26.6. The number of hydrogen-bond donors (Lipinski definition) is 6. The Morgan fingerprint density at radius 2 is 1.59 bits per heavy atom. The number of carbonyl (C=O) groups excluding carboxylic acids is 1. The Labute approximate surface area is 119 Å². The van der Waals surface area contributed by atoms with E-state index in [1.54, 1.807) is 0 Å². The first-order chi connectivity index (χ1) is 7.19. The topological polar surface area (TPSA) is 165 Å². The van der Waals surface area contributed by atoms with Crippen LogP contribution in [0.25, 0.3) is 0 Å². The summed E-state index contributed by atoms with van der Waals surface area (Å²) in [7, 11) is -4.80. The fraction of sp³-hybridized carbons (Fsp3) is 0.833. The molecule has 0 fully saturated rings. The number of rotatable bonds is 7. The van der Waals surface area contributed by atoms with Crippen molar-refractivity contribution in [1.29, 1.82) is 0 Å². The number of aliphatic hydroxyl groups excluding tert-OH is 4. The molecule has 1 radical (unpaired) electrons. The smallest absolute Gasteiger partial charge is 0.388 e. The monoisotopic (exact) mass is 283 g/mol. The number of phosphoric acid groups is 1. The van der Waals surface area contributed by atoms with Crippen LogP contribution in [0, 0.1) is 0 Å². The maximum atomic E-state index is 10.2. The van der Waals surface area contributed by atoms with Crippen LogP contribution in [0.3, 0.4) is 0 Å². The Kier molecular flexibility index (Phi) is 10.2. The molecule has 0 bridgehead atoms. The second-order valence-corrected chi connectivity index (χ2v) is 4.20. The predicted molar refractivity (Wildman–Crippen MR) is 53.8 cm³/mol. The van der Waals surface area contributed by atoms with Gasteiger partial charge in [-0.05, 0) is 0 Å². The van der Waals surface area contributed by atoms with Gasteiger partial charge in [-0.25, -0.2) is 4.57 Å². The molecule has 0 saturated carbocycles. The van der Waals surface area contributed by atoms with Gasteiger partial charge in [0.1, 0.15) is 24.4 Å². The van der Waals surface area contributed by atoms with Crippen molar-refractivity contribution >= 4 is 43.7 Å². The Morgan fingerprint density at radius 3 is 1.94 bits per heavy atom. The molecule has 11 heteroatoms. The SMILES string of the molecule is O=C[C@H](O)[C@@H](O)[C@H](O)[C@H](O)COP(=O)(O)O.[Na]. The van der Waals surface area contributed by atoms with Crippen molar-refractivity contribution in [2.45, 2.75) is 24.4 Å². The summed E-state index contributed by atoms with van der Waals surface area (Å²) >= 11 is 0. The van der Waals surface area contributed by atoms with Gasteiger partial charge in [0.25, 0.3) is 0 Å². The fourth-order valence-electron chi connectivity index (χ4n) is 0.782. The molecule has 0 aliphatic carbocycles. The quantitative estimate of drug-likeness (QED) is 0.157. The normalized spacial score (nSPS) is 18.7. The van der Waals surface area contributed by atoms with Crippen LogP contribution in [0.15, 0.2) is 0 Å². The van der Waals surface area contributed by atoms with Gasteiger partial charge in [-0.1, -0.05) is 0 Å². The molecular formula is C6H13NaO9P. The zero-order chi connectivity index (χ0) is 12.9. The molecular weight excluding hydrogens is 270 g/mol. The van der Waals surface area contributed by atoms with Crippen LogP contribution in [-0.2, 0) is 13.9 Å². The van der Waals surface area contributed by atoms with Crippen LogP contribution in [0.2, 0.25) is 0 Å². The number of carbonyl (C=O) groups is 1. The molecule has 0 spiro atoms. The molecule has 0 unspecified atom stereocenters. The van der Waals surface area contributed by atoms with Gasteiger partial charge in [-0.3, -0.25) is 4.52 Å². The number of hydrogen-bond acceptors (Lipinski definition) is 7. The van der Waals surface area contributed by atoms with Crippen LogP contribution >= 0.6 is 7.82 Å². The third-order valence-electron chi connectivity index (χ3n) is 1.65. The number of aliphatic hydroxyl groups is 4. The van der Waals surface area contributed by atoms with Crippen molar-refractivity contribution in [1.82, 2.24) is 0 Å². The molecule has 97 valence electrons. The standard InChI is InChI=1S/C6H13O9P.Na/c7-1-3(8)5(10)6(11)4(9)2-15-16(12,13)14;/h1,3-6,8-11H,2H2,(H2,12,13,14);/t3-,4+,5+,6+;/m0./s1. The molecule has 0 aromatic rings. The van der Waals surface area contributed by atoms with Gasteiger partial charge in [0.2, 0.25) is 0 Å². The minimum Gasteiger partial charge on any atom is -0.388 e. The Bertz CT molecular complexity index is 268. The molecule has 0 rings (SSSR count). The van der Waals surface area contributed by atoms with Gasteiger partial charge in [-0.2, -0.15) is 0 Å². The van der Waals surface area contributed by atoms with Crippen molar-refractivity contribution in [2.75, 3.05) is 6.61 Å². The Morgan fingerprint density at radius 1 is 1.12 bits per heavy atom. The van der Waals surface area contributed by atoms with E-state index in [0.717, 1.165) is 0 Å². The van der Waals surface area contributed by atoms with Crippen LogP contribution in [0.5, 0.6) is 0 Å². The van der Waals surface area contributed by atoms with Gasteiger partial charge < -0.3 is 35.0 Å². The first-order valence-corrected chi connectivity index (χ1v) is 5.59. The third-order valence-corrected chi connectivity index (χ3v) is 2.13. The molecule has 17 heavy (non-hydrogen) atoms. The second-order valence-electron chi connectivity index (χ2n) is 2.96. The molecule has 4 atom stereocenters. The molecule has 0 heterocycles. The van der Waals surface area contributed by atoms with Crippen LogP contribution < -0.4 is 0 Å². The maximum absolute atomic E-state index is 10.2. The average Bonchev–Trinajstić information content (AvgIpc) is 2.21. The van der Waals surface area contributed by atoms with Gasteiger partial charge in [-0.15, -0.1) is 0 Å². The van der Waals surface area contributed by atoms with Gasteiger partial charge in [0.15, 0.2) is 6.29 Å². The second kappa shape index (κ2) is 8.68. The summed E-state index contributed by atoms with van der Waals surface area (Å²) in [6.45, 7) is -0.964. The van der Waals surface area contributed by atoms with E-state index in [1.165, 1.54) is 0 Å². The minimum atomic E-state index is -4.80. The third kappa shape index (κ3) is 8.36. The molecule has 0 aliphatic rings. The predicted octanol–water partition coefficient (Wildman–Crippen LogP) is -3.64. The Balaban J connectivity index is 0. The summed E-state index contributed by atoms with van der Waals surface area (Å²) in [5, 5.41) is 36.1. The zero-order valence-corrected chi connectivity index (χ0v) is 11.8. The molecule has 0 aromatic heterocycles. The van der Waals surface area contributed by atoms with Crippen LogP contribution in [0.4, 0.5) is 0 Å². The fourth-order valence-corrected chi connectivity index (χ4v) is 1.13. The van der Waals surface area contributed by atoms with E-state index in [1.807, 2.05) is 0 Å². The largest absolute Gasteiger partial charge is 0.469 e. The van der Waals surface area contributed by atoms with Crippen molar-refractivity contribution in [3.8, 4) is 0 Å². The van der Waals surface area contributed by atoms with Gasteiger partial charge >= 0.3 is 7.82 Å². The van der Waals surface area contributed by atoms with Gasteiger partial charge in [0.05, 0.1) is 6.61 Å². The van der Waals surface area contributed by atoms with Crippen molar-refractivity contribution in [3.63, 3.8) is 0 Å². The zero-order valence-electron chi connectivity index (χ0n) is 8.95. The van der Waals surface area contributed by atoms with Crippen molar-refractivity contribution < 1.29 is 44.1 Å². The minimum absolute atomic E-state index is 0. The van der Waals surface area contributed by atoms with Crippen molar-refractivity contribution in [2.24, 2.45) is 0 Å². The van der Waals surface area contributed by atoms with E-state index in [-0.39, 0.29) is 35.8 Å². The first kappa shape index (κ1) is 19.9. The summed E-state index contributed by atoms with van der Waals surface area (Å²) < 4.78 is 14.1. The summed E-state index contributed by atoms with van der Waals surface area (Å²) in [6, 6.07) is 0. The maximum Gasteiger partial charge on any atom is 0.469 e. The van der Waals surface area contributed by atoms with Gasteiger partial charge in [0, 0.05) is 29.6 Å². The first-order valence-electron chi connectivity index (χ1n) is 4.06. The van der Waals surface area contributed by atoms with Crippen LogP contribution in [0.1, 0.15) is 0 Å². The van der Waals surface area contributed by atoms with E-state index in [9.17, 15) is 9.36 Å². The molecule has 0 saturated heterocycles.